The number of nitrogens with one attached hydrogen (secondary N) is 1. The third kappa shape index (κ3) is 3.63. The number of hydrogen-bond donors (Lipinski definition) is 2. The average molecular weight is 187 g/mol. The van der Waals surface area contributed by atoms with Crippen molar-refractivity contribution in [3.05, 3.63) is 0 Å². The lowest BCUT2D eigenvalue weighted by atomic mass is 10.0. The Balaban J connectivity index is 2.10. The molecule has 3 heteroatoms. The van der Waals surface area contributed by atoms with Gasteiger partial charge in [-0.05, 0) is 12.3 Å². The molecule has 3 nitrogen and oxygen atoms in total. The van der Waals surface area contributed by atoms with E-state index < -0.39 is 0 Å². The van der Waals surface area contributed by atoms with E-state index in [-0.39, 0.29) is 6.10 Å². The molecule has 0 aromatic heterocycles. The molecular formula is C10H21NO2. The summed E-state index contributed by atoms with van der Waals surface area (Å²) in [4.78, 5) is 0. The number of aliphatic hydroxyl groups excluding tert-OH is 1. The van der Waals surface area contributed by atoms with E-state index in [9.17, 15) is 5.11 Å². The van der Waals surface area contributed by atoms with Gasteiger partial charge in [0, 0.05) is 19.2 Å². The standard InChI is InChI=1S/C10H21NO2/c1-3-8(2)10(12)6-11-9-4-5-13-7-9/h8-12H,3-7H2,1-2H3. The summed E-state index contributed by atoms with van der Waals surface area (Å²) < 4.78 is 5.23. The van der Waals surface area contributed by atoms with Crippen molar-refractivity contribution in [3.63, 3.8) is 0 Å². The number of hydrogen-bond acceptors (Lipinski definition) is 3. The minimum absolute atomic E-state index is 0.217. The molecule has 0 saturated carbocycles. The third-order valence-electron chi connectivity index (χ3n) is 2.85. The molecule has 2 N–H and O–H groups in total. The summed E-state index contributed by atoms with van der Waals surface area (Å²) in [6, 6.07) is 0.457. The summed E-state index contributed by atoms with van der Waals surface area (Å²) in [7, 11) is 0. The minimum Gasteiger partial charge on any atom is -0.392 e. The number of rotatable bonds is 5. The summed E-state index contributed by atoms with van der Waals surface area (Å²) in [6.07, 6.45) is 1.89. The first-order chi connectivity index (χ1) is 6.24. The number of ether oxygens (including phenoxy) is 1. The lowest BCUT2D eigenvalue weighted by Crippen LogP contribution is -2.38. The smallest absolute Gasteiger partial charge is 0.0690 e. The first-order valence-electron chi connectivity index (χ1n) is 5.23. The van der Waals surface area contributed by atoms with Gasteiger partial charge in [0.15, 0.2) is 0 Å². The van der Waals surface area contributed by atoms with E-state index in [4.69, 9.17) is 4.74 Å². The van der Waals surface area contributed by atoms with Crippen LogP contribution in [0.25, 0.3) is 0 Å². The van der Waals surface area contributed by atoms with E-state index in [0.717, 1.165) is 26.1 Å². The van der Waals surface area contributed by atoms with Gasteiger partial charge in [-0.2, -0.15) is 0 Å². The maximum atomic E-state index is 9.67. The van der Waals surface area contributed by atoms with Crippen LogP contribution in [0.2, 0.25) is 0 Å². The van der Waals surface area contributed by atoms with Gasteiger partial charge in [0.2, 0.25) is 0 Å². The lowest BCUT2D eigenvalue weighted by molar-refractivity contribution is 0.108. The molecule has 13 heavy (non-hydrogen) atoms. The van der Waals surface area contributed by atoms with Gasteiger partial charge >= 0.3 is 0 Å². The summed E-state index contributed by atoms with van der Waals surface area (Å²) in [5.41, 5.74) is 0. The fourth-order valence-corrected chi connectivity index (χ4v) is 1.46. The second kappa shape index (κ2) is 5.58. The molecule has 1 saturated heterocycles. The van der Waals surface area contributed by atoms with Crippen molar-refractivity contribution in [1.82, 2.24) is 5.32 Å². The van der Waals surface area contributed by atoms with Crippen LogP contribution in [0.15, 0.2) is 0 Å². The molecule has 1 rings (SSSR count). The molecule has 0 aliphatic carbocycles. The first-order valence-corrected chi connectivity index (χ1v) is 5.23. The SMILES string of the molecule is CCC(C)C(O)CNC1CCOC1. The Morgan fingerprint density at radius 3 is 2.92 bits per heavy atom. The van der Waals surface area contributed by atoms with Crippen molar-refractivity contribution >= 4 is 0 Å². The van der Waals surface area contributed by atoms with Crippen molar-refractivity contribution in [2.24, 2.45) is 5.92 Å². The van der Waals surface area contributed by atoms with Crippen LogP contribution in [0.4, 0.5) is 0 Å². The maximum absolute atomic E-state index is 9.67. The molecule has 0 amide bonds. The molecule has 3 unspecified atom stereocenters. The highest BCUT2D eigenvalue weighted by Gasteiger charge is 2.18. The predicted octanol–water partition coefficient (Wildman–Crippen LogP) is 0.772. The Hall–Kier alpha value is -0.120. The average Bonchev–Trinajstić information content (AvgIpc) is 2.65. The normalized spacial score (nSPS) is 27.5. The van der Waals surface area contributed by atoms with Gasteiger partial charge in [0.25, 0.3) is 0 Å². The lowest BCUT2D eigenvalue weighted by Gasteiger charge is -2.19. The molecule has 3 atom stereocenters. The van der Waals surface area contributed by atoms with Crippen LogP contribution in [0.5, 0.6) is 0 Å². The molecule has 1 aliphatic rings. The zero-order chi connectivity index (χ0) is 9.68. The molecule has 0 bridgehead atoms. The van der Waals surface area contributed by atoms with E-state index in [1.54, 1.807) is 0 Å². The highest BCUT2D eigenvalue weighted by Crippen LogP contribution is 2.08. The van der Waals surface area contributed by atoms with E-state index in [0.29, 0.717) is 18.5 Å². The summed E-state index contributed by atoms with van der Waals surface area (Å²) in [6.45, 7) is 6.54. The summed E-state index contributed by atoms with van der Waals surface area (Å²) in [5.74, 6) is 0.384. The summed E-state index contributed by atoms with van der Waals surface area (Å²) in [5, 5.41) is 13.0. The largest absolute Gasteiger partial charge is 0.392 e. The Kier molecular flexibility index (Phi) is 4.70. The molecule has 1 fully saturated rings. The Morgan fingerprint density at radius 2 is 2.38 bits per heavy atom. The second-order valence-corrected chi connectivity index (χ2v) is 3.92. The minimum atomic E-state index is -0.217. The van der Waals surface area contributed by atoms with Gasteiger partial charge in [0.1, 0.15) is 0 Å². The van der Waals surface area contributed by atoms with Crippen LogP contribution >= 0.6 is 0 Å². The van der Waals surface area contributed by atoms with Crippen molar-refractivity contribution in [3.8, 4) is 0 Å². The van der Waals surface area contributed by atoms with Crippen molar-refractivity contribution in [1.29, 1.82) is 0 Å². The van der Waals surface area contributed by atoms with Crippen LogP contribution in [0.3, 0.4) is 0 Å². The van der Waals surface area contributed by atoms with Crippen LogP contribution in [0, 0.1) is 5.92 Å². The Bertz CT molecular complexity index is 135. The topological polar surface area (TPSA) is 41.5 Å². The van der Waals surface area contributed by atoms with Crippen LogP contribution in [-0.4, -0.2) is 37.0 Å². The van der Waals surface area contributed by atoms with Crippen LogP contribution < -0.4 is 5.32 Å². The van der Waals surface area contributed by atoms with Crippen LogP contribution in [0.1, 0.15) is 26.7 Å². The van der Waals surface area contributed by atoms with E-state index in [1.807, 2.05) is 0 Å². The highest BCUT2D eigenvalue weighted by molar-refractivity contribution is 4.74. The van der Waals surface area contributed by atoms with Gasteiger partial charge in [0.05, 0.1) is 12.7 Å². The van der Waals surface area contributed by atoms with Crippen molar-refractivity contribution in [2.75, 3.05) is 19.8 Å². The maximum Gasteiger partial charge on any atom is 0.0690 e. The van der Waals surface area contributed by atoms with Crippen LogP contribution in [-0.2, 0) is 4.74 Å². The first kappa shape index (κ1) is 11.0. The monoisotopic (exact) mass is 187 g/mol. The molecule has 1 aliphatic heterocycles. The van der Waals surface area contributed by atoms with Gasteiger partial charge < -0.3 is 15.2 Å². The van der Waals surface area contributed by atoms with E-state index >= 15 is 0 Å². The fraction of sp³-hybridized carbons (Fsp3) is 1.00. The molecule has 0 aromatic rings. The summed E-state index contributed by atoms with van der Waals surface area (Å²) >= 11 is 0. The van der Waals surface area contributed by atoms with Crippen molar-refractivity contribution in [2.45, 2.75) is 38.8 Å². The predicted molar refractivity (Wildman–Crippen MR) is 52.7 cm³/mol. The molecule has 0 spiro atoms. The van der Waals surface area contributed by atoms with E-state index in [1.165, 1.54) is 0 Å². The van der Waals surface area contributed by atoms with Gasteiger partial charge in [-0.1, -0.05) is 20.3 Å². The van der Waals surface area contributed by atoms with Gasteiger partial charge in [-0.25, -0.2) is 0 Å². The molecule has 0 aromatic carbocycles. The molecular weight excluding hydrogens is 166 g/mol. The molecule has 0 radical (unpaired) electrons. The Labute approximate surface area is 80.5 Å². The number of aliphatic hydroxyl groups is 1. The fourth-order valence-electron chi connectivity index (χ4n) is 1.46. The third-order valence-corrected chi connectivity index (χ3v) is 2.85. The zero-order valence-corrected chi connectivity index (χ0v) is 8.62. The zero-order valence-electron chi connectivity index (χ0n) is 8.62. The Morgan fingerprint density at radius 1 is 1.62 bits per heavy atom. The van der Waals surface area contributed by atoms with Gasteiger partial charge in [-0.3, -0.25) is 0 Å². The van der Waals surface area contributed by atoms with Crippen molar-refractivity contribution < 1.29 is 9.84 Å². The quantitative estimate of drug-likeness (QED) is 0.668. The van der Waals surface area contributed by atoms with Gasteiger partial charge in [-0.15, -0.1) is 0 Å². The second-order valence-electron chi connectivity index (χ2n) is 3.92. The molecule has 78 valence electrons. The van der Waals surface area contributed by atoms with E-state index in [2.05, 4.69) is 19.2 Å². The molecule has 1 heterocycles. The highest BCUT2D eigenvalue weighted by atomic mass is 16.5.